The molecule has 0 aromatic heterocycles. The molecule has 192 valence electrons. The Morgan fingerprint density at radius 1 is 1.06 bits per heavy atom. The summed E-state index contributed by atoms with van der Waals surface area (Å²) < 4.78 is 26.4. The molecule has 2 amide bonds. The van der Waals surface area contributed by atoms with Gasteiger partial charge in [-0.3, -0.25) is 13.9 Å². The van der Waals surface area contributed by atoms with Crippen LogP contribution in [0.2, 0.25) is 15.1 Å². The maximum absolute atomic E-state index is 13.6. The number of benzene rings is 2. The van der Waals surface area contributed by atoms with Gasteiger partial charge in [0.05, 0.1) is 11.9 Å². The van der Waals surface area contributed by atoms with Crippen LogP contribution < -0.4 is 9.62 Å². The van der Waals surface area contributed by atoms with Crippen LogP contribution in [-0.4, -0.2) is 49.5 Å². The van der Waals surface area contributed by atoms with Crippen molar-refractivity contribution in [3.05, 3.63) is 62.6 Å². The number of anilines is 1. The van der Waals surface area contributed by atoms with Crippen molar-refractivity contribution in [3.8, 4) is 0 Å². The maximum atomic E-state index is 13.6. The molecule has 0 fully saturated rings. The first-order valence-electron chi connectivity index (χ1n) is 10.8. The molecule has 0 aliphatic rings. The van der Waals surface area contributed by atoms with Crippen molar-refractivity contribution in [1.29, 1.82) is 0 Å². The van der Waals surface area contributed by atoms with Crippen molar-refractivity contribution in [2.45, 2.75) is 52.7 Å². The summed E-state index contributed by atoms with van der Waals surface area (Å²) in [5, 5.41) is 3.95. The third-order valence-electron chi connectivity index (χ3n) is 5.16. The summed E-state index contributed by atoms with van der Waals surface area (Å²) in [5.41, 5.74) is 0.803. The SMILES string of the molecule is Cc1cc(Cl)ccc1N(CC(=O)N(Cc1c(Cl)cccc1Cl)[C@@H](C)C(=O)NC(C)(C)C)S(C)(=O)=O. The van der Waals surface area contributed by atoms with E-state index in [-0.39, 0.29) is 6.54 Å². The van der Waals surface area contributed by atoms with Gasteiger partial charge >= 0.3 is 0 Å². The Morgan fingerprint density at radius 3 is 2.11 bits per heavy atom. The standard InChI is InChI=1S/C24H30Cl3N3O4S/c1-15-12-17(25)10-11-21(15)30(35(6,33)34)14-22(31)29(16(2)23(32)28-24(3,4)5)13-18-19(26)8-7-9-20(18)27/h7-12,16H,13-14H2,1-6H3,(H,28,32)/t16-/m0/s1. The first kappa shape index (κ1) is 29.2. The Kier molecular flexibility index (Phi) is 9.50. The average Bonchev–Trinajstić information content (AvgIpc) is 2.69. The molecule has 0 saturated heterocycles. The van der Waals surface area contributed by atoms with Gasteiger partial charge < -0.3 is 10.2 Å². The van der Waals surface area contributed by atoms with Crippen molar-refractivity contribution in [1.82, 2.24) is 10.2 Å². The summed E-state index contributed by atoms with van der Waals surface area (Å²) in [6, 6.07) is 8.69. The molecule has 11 heteroatoms. The van der Waals surface area contributed by atoms with Crippen LogP contribution in [0.15, 0.2) is 36.4 Å². The van der Waals surface area contributed by atoms with E-state index in [0.717, 1.165) is 10.6 Å². The second-order valence-electron chi connectivity index (χ2n) is 9.34. The molecular formula is C24H30Cl3N3O4S. The zero-order valence-electron chi connectivity index (χ0n) is 20.5. The molecule has 7 nitrogen and oxygen atoms in total. The zero-order chi connectivity index (χ0) is 26.7. The van der Waals surface area contributed by atoms with Crippen molar-refractivity contribution < 1.29 is 18.0 Å². The van der Waals surface area contributed by atoms with Gasteiger partial charge in [0.1, 0.15) is 12.6 Å². The van der Waals surface area contributed by atoms with Gasteiger partial charge in [-0.1, -0.05) is 40.9 Å². The highest BCUT2D eigenvalue weighted by Gasteiger charge is 2.32. The van der Waals surface area contributed by atoms with E-state index in [1.54, 1.807) is 44.2 Å². The number of sulfonamides is 1. The number of rotatable bonds is 8. The molecule has 0 saturated carbocycles. The zero-order valence-corrected chi connectivity index (χ0v) is 23.6. The van der Waals surface area contributed by atoms with Crippen LogP contribution in [0.3, 0.4) is 0 Å². The number of nitrogens with zero attached hydrogens (tertiary/aromatic N) is 2. The Morgan fingerprint density at radius 2 is 1.63 bits per heavy atom. The van der Waals surface area contributed by atoms with Crippen LogP contribution in [0, 0.1) is 6.92 Å². The lowest BCUT2D eigenvalue weighted by molar-refractivity contribution is -0.140. The summed E-state index contributed by atoms with van der Waals surface area (Å²) in [5.74, 6) is -1.00. The second kappa shape index (κ2) is 11.4. The Balaban J connectivity index is 2.50. The minimum Gasteiger partial charge on any atom is -0.350 e. The van der Waals surface area contributed by atoms with Crippen molar-refractivity contribution in [2.24, 2.45) is 0 Å². The molecule has 0 spiro atoms. The fourth-order valence-corrected chi connectivity index (χ4v) is 5.05. The predicted molar refractivity (Wildman–Crippen MR) is 143 cm³/mol. The van der Waals surface area contributed by atoms with Crippen LogP contribution in [-0.2, 0) is 26.2 Å². The van der Waals surface area contributed by atoms with Crippen molar-refractivity contribution >= 4 is 62.3 Å². The van der Waals surface area contributed by atoms with Crippen molar-refractivity contribution in [3.63, 3.8) is 0 Å². The third kappa shape index (κ3) is 8.00. The summed E-state index contributed by atoms with van der Waals surface area (Å²) in [4.78, 5) is 27.9. The number of hydrogen-bond acceptors (Lipinski definition) is 4. The molecule has 0 heterocycles. The second-order valence-corrected chi connectivity index (χ2v) is 12.5. The summed E-state index contributed by atoms with van der Waals surface area (Å²) in [6.07, 6.45) is 1.01. The average molecular weight is 563 g/mol. The van der Waals surface area contributed by atoms with Crippen LogP contribution >= 0.6 is 34.8 Å². The van der Waals surface area contributed by atoms with E-state index in [1.807, 2.05) is 20.8 Å². The van der Waals surface area contributed by atoms with E-state index in [4.69, 9.17) is 34.8 Å². The molecule has 1 atom stereocenters. The van der Waals surface area contributed by atoms with Crippen molar-refractivity contribution in [2.75, 3.05) is 17.1 Å². The molecule has 35 heavy (non-hydrogen) atoms. The van der Waals surface area contributed by atoms with E-state index >= 15 is 0 Å². The number of amides is 2. The Bertz CT molecular complexity index is 1190. The van der Waals surface area contributed by atoms with E-state index < -0.39 is 40.0 Å². The molecule has 0 radical (unpaired) electrons. The number of carbonyl (C=O) groups is 2. The minimum absolute atomic E-state index is 0.0900. The van der Waals surface area contributed by atoms with E-state index in [1.165, 1.54) is 11.0 Å². The van der Waals surface area contributed by atoms with Crippen LogP contribution in [0.1, 0.15) is 38.8 Å². The molecule has 0 bridgehead atoms. The molecule has 2 aromatic rings. The van der Waals surface area contributed by atoms with Gasteiger partial charge in [0.15, 0.2) is 0 Å². The lowest BCUT2D eigenvalue weighted by Crippen LogP contribution is -2.54. The van der Waals surface area contributed by atoms with E-state index in [9.17, 15) is 18.0 Å². The normalized spacial score (nSPS) is 12.7. The van der Waals surface area contributed by atoms with Crippen LogP contribution in [0.25, 0.3) is 0 Å². The highest BCUT2D eigenvalue weighted by Crippen LogP contribution is 2.28. The first-order chi connectivity index (χ1) is 16.0. The smallest absolute Gasteiger partial charge is 0.244 e. The summed E-state index contributed by atoms with van der Waals surface area (Å²) >= 11 is 18.7. The Hall–Kier alpha value is -2.00. The number of carbonyl (C=O) groups excluding carboxylic acids is 2. The van der Waals surface area contributed by atoms with Gasteiger partial charge in [0, 0.05) is 32.7 Å². The fraction of sp³-hybridized carbons (Fsp3) is 0.417. The minimum atomic E-state index is -3.86. The molecule has 0 unspecified atom stereocenters. The number of hydrogen-bond donors (Lipinski definition) is 1. The highest BCUT2D eigenvalue weighted by molar-refractivity contribution is 7.92. The van der Waals surface area contributed by atoms with Gasteiger partial charge in [-0.2, -0.15) is 0 Å². The first-order valence-corrected chi connectivity index (χ1v) is 13.8. The van der Waals surface area contributed by atoms with E-state index in [2.05, 4.69) is 5.32 Å². The fourth-order valence-electron chi connectivity index (χ4n) is 3.40. The molecule has 0 aliphatic heterocycles. The van der Waals surface area contributed by atoms with Gasteiger partial charge in [-0.15, -0.1) is 0 Å². The largest absolute Gasteiger partial charge is 0.350 e. The maximum Gasteiger partial charge on any atom is 0.244 e. The predicted octanol–water partition coefficient (Wildman–Crippen LogP) is 5.05. The topological polar surface area (TPSA) is 86.8 Å². The van der Waals surface area contributed by atoms with Gasteiger partial charge in [0.25, 0.3) is 0 Å². The van der Waals surface area contributed by atoms with Gasteiger partial charge in [-0.05, 0) is 70.5 Å². The molecule has 1 N–H and O–H groups in total. The van der Waals surface area contributed by atoms with Crippen LogP contribution in [0.4, 0.5) is 5.69 Å². The molecule has 2 aromatic carbocycles. The number of aryl methyl sites for hydroxylation is 1. The number of halogens is 3. The monoisotopic (exact) mass is 561 g/mol. The van der Waals surface area contributed by atoms with Gasteiger partial charge in [-0.25, -0.2) is 8.42 Å². The summed E-state index contributed by atoms with van der Waals surface area (Å²) in [7, 11) is -3.86. The Labute approximate surface area is 222 Å². The van der Waals surface area contributed by atoms with Crippen LogP contribution in [0.5, 0.6) is 0 Å². The lowest BCUT2D eigenvalue weighted by atomic mass is 10.1. The molecule has 0 aliphatic carbocycles. The quantitative estimate of drug-likeness (QED) is 0.488. The number of nitrogens with one attached hydrogen (secondary N) is 1. The molecule has 2 rings (SSSR count). The molecular weight excluding hydrogens is 533 g/mol. The summed E-state index contributed by atoms with van der Waals surface area (Å²) in [6.45, 7) is 8.12. The third-order valence-corrected chi connectivity index (χ3v) is 7.23. The lowest BCUT2D eigenvalue weighted by Gasteiger charge is -2.33. The van der Waals surface area contributed by atoms with Gasteiger partial charge in [0.2, 0.25) is 21.8 Å². The highest BCUT2D eigenvalue weighted by atomic mass is 35.5. The van der Waals surface area contributed by atoms with E-state index in [0.29, 0.717) is 31.9 Å².